The lowest BCUT2D eigenvalue weighted by Crippen LogP contribution is -2.20. The van der Waals surface area contributed by atoms with Gasteiger partial charge in [0, 0.05) is 11.6 Å². The fourth-order valence-electron chi connectivity index (χ4n) is 3.51. The van der Waals surface area contributed by atoms with Gasteiger partial charge >= 0.3 is 0 Å². The number of aromatic nitrogens is 3. The summed E-state index contributed by atoms with van der Waals surface area (Å²) in [5.41, 5.74) is 4.72. The predicted molar refractivity (Wildman–Crippen MR) is 114 cm³/mol. The molecule has 152 valence electrons. The summed E-state index contributed by atoms with van der Waals surface area (Å²) in [5.74, 6) is 0.0594. The van der Waals surface area contributed by atoms with Gasteiger partial charge in [0.15, 0.2) is 5.65 Å². The predicted octanol–water partition coefficient (Wildman–Crippen LogP) is 4.50. The molecule has 2 heterocycles. The van der Waals surface area contributed by atoms with Crippen molar-refractivity contribution >= 4 is 22.6 Å². The molecule has 0 aliphatic carbocycles. The quantitative estimate of drug-likeness (QED) is 0.532. The van der Waals surface area contributed by atoms with Gasteiger partial charge < -0.3 is 10.1 Å². The lowest BCUT2D eigenvalue weighted by atomic mass is 10.0. The van der Waals surface area contributed by atoms with Crippen LogP contribution >= 0.6 is 0 Å². The molecule has 7 heteroatoms. The van der Waals surface area contributed by atoms with Gasteiger partial charge in [-0.3, -0.25) is 4.79 Å². The minimum absolute atomic E-state index is 0.00130. The van der Waals surface area contributed by atoms with Gasteiger partial charge in [0.05, 0.1) is 18.5 Å². The van der Waals surface area contributed by atoms with Crippen LogP contribution in [0.15, 0.2) is 54.7 Å². The van der Waals surface area contributed by atoms with Crippen molar-refractivity contribution in [3.05, 3.63) is 71.8 Å². The number of benzene rings is 2. The molecule has 1 amide bonds. The second-order valence-electron chi connectivity index (χ2n) is 7.06. The van der Waals surface area contributed by atoms with E-state index in [1.165, 1.54) is 12.1 Å². The number of rotatable bonds is 5. The van der Waals surface area contributed by atoms with Crippen molar-refractivity contribution in [2.45, 2.75) is 20.4 Å². The fraction of sp³-hybridized carbons (Fsp3) is 0.174. The highest BCUT2D eigenvalue weighted by Crippen LogP contribution is 2.30. The molecule has 0 aliphatic heterocycles. The zero-order chi connectivity index (χ0) is 21.3. The maximum Gasteiger partial charge on any atom is 0.246 e. The van der Waals surface area contributed by atoms with Crippen LogP contribution in [-0.2, 0) is 11.3 Å². The Morgan fingerprint density at radius 2 is 1.90 bits per heavy atom. The van der Waals surface area contributed by atoms with Crippen LogP contribution in [0.1, 0.15) is 11.3 Å². The fourth-order valence-corrected chi connectivity index (χ4v) is 3.51. The molecule has 0 fully saturated rings. The monoisotopic (exact) mass is 404 g/mol. The third-order valence-electron chi connectivity index (χ3n) is 4.89. The summed E-state index contributed by atoms with van der Waals surface area (Å²) in [4.78, 5) is 17.1. The minimum Gasteiger partial charge on any atom is -0.495 e. The molecule has 0 spiro atoms. The van der Waals surface area contributed by atoms with Crippen LogP contribution in [0.3, 0.4) is 0 Å². The topological polar surface area (TPSA) is 69.0 Å². The van der Waals surface area contributed by atoms with Crippen LogP contribution in [0, 0.1) is 19.7 Å². The Morgan fingerprint density at radius 3 is 2.63 bits per heavy atom. The summed E-state index contributed by atoms with van der Waals surface area (Å²) in [6, 6.07) is 13.7. The van der Waals surface area contributed by atoms with E-state index in [4.69, 9.17) is 4.74 Å². The first kappa shape index (κ1) is 19.6. The molecule has 0 bridgehead atoms. The molecule has 0 atom stereocenters. The van der Waals surface area contributed by atoms with Crippen molar-refractivity contribution in [3.8, 4) is 16.9 Å². The van der Waals surface area contributed by atoms with E-state index >= 15 is 0 Å². The molecule has 0 saturated carbocycles. The number of anilines is 1. The number of nitrogens with zero attached hydrogens (tertiary/aromatic N) is 3. The molecule has 2 aromatic carbocycles. The number of carbonyl (C=O) groups excluding carboxylic acids is 1. The summed E-state index contributed by atoms with van der Waals surface area (Å²) in [5, 5.41) is 8.24. The van der Waals surface area contributed by atoms with E-state index in [2.05, 4.69) is 15.4 Å². The van der Waals surface area contributed by atoms with E-state index in [1.54, 1.807) is 30.1 Å². The number of carbonyl (C=O) groups is 1. The number of hydrogen-bond donors (Lipinski definition) is 1. The first-order valence-corrected chi connectivity index (χ1v) is 9.49. The molecule has 4 aromatic rings. The van der Waals surface area contributed by atoms with Crippen molar-refractivity contribution in [2.24, 2.45) is 0 Å². The van der Waals surface area contributed by atoms with Gasteiger partial charge in [-0.15, -0.1) is 0 Å². The van der Waals surface area contributed by atoms with Crippen molar-refractivity contribution < 1.29 is 13.9 Å². The zero-order valence-corrected chi connectivity index (χ0v) is 16.9. The Morgan fingerprint density at radius 1 is 1.13 bits per heavy atom. The summed E-state index contributed by atoms with van der Waals surface area (Å²) >= 11 is 0. The molecular weight excluding hydrogens is 383 g/mol. The Labute approximate surface area is 173 Å². The van der Waals surface area contributed by atoms with Crippen LogP contribution in [0.2, 0.25) is 0 Å². The van der Waals surface area contributed by atoms with Crippen molar-refractivity contribution in [3.63, 3.8) is 0 Å². The van der Waals surface area contributed by atoms with Crippen molar-refractivity contribution in [1.29, 1.82) is 0 Å². The number of amides is 1. The highest BCUT2D eigenvalue weighted by atomic mass is 19.1. The molecule has 6 nitrogen and oxygen atoms in total. The van der Waals surface area contributed by atoms with Gasteiger partial charge in [-0.2, -0.15) is 5.10 Å². The second kappa shape index (κ2) is 7.94. The number of ether oxygens (including phenoxy) is 1. The number of hydrogen-bond acceptors (Lipinski definition) is 4. The molecule has 30 heavy (non-hydrogen) atoms. The van der Waals surface area contributed by atoms with E-state index < -0.39 is 0 Å². The molecule has 4 rings (SSSR count). The molecule has 1 N–H and O–H groups in total. The van der Waals surface area contributed by atoms with E-state index in [0.29, 0.717) is 17.1 Å². The molecule has 2 aromatic heterocycles. The van der Waals surface area contributed by atoms with E-state index in [0.717, 1.165) is 27.8 Å². The Balaban J connectivity index is 1.66. The number of pyridine rings is 1. The first-order chi connectivity index (χ1) is 14.5. The first-order valence-electron chi connectivity index (χ1n) is 9.49. The van der Waals surface area contributed by atoms with E-state index in [9.17, 15) is 9.18 Å². The van der Waals surface area contributed by atoms with Crippen molar-refractivity contribution in [2.75, 3.05) is 12.4 Å². The number of methoxy groups -OCH3 is 1. The average Bonchev–Trinajstić information content (AvgIpc) is 3.04. The van der Waals surface area contributed by atoms with Gasteiger partial charge in [0.2, 0.25) is 5.91 Å². The summed E-state index contributed by atoms with van der Waals surface area (Å²) in [7, 11) is 1.56. The van der Waals surface area contributed by atoms with E-state index in [1.807, 2.05) is 38.1 Å². The van der Waals surface area contributed by atoms with Gasteiger partial charge in [-0.1, -0.05) is 18.2 Å². The SMILES string of the molecule is COc1ccc(C)cc1NC(=O)Cn1nc(C)c2c(-c3ccc(F)cc3)ccnc21. The number of aryl methyl sites for hydroxylation is 2. The van der Waals surface area contributed by atoms with Gasteiger partial charge in [0.25, 0.3) is 0 Å². The number of halogens is 1. The third-order valence-corrected chi connectivity index (χ3v) is 4.89. The van der Waals surface area contributed by atoms with Gasteiger partial charge in [0.1, 0.15) is 18.1 Å². The Bertz CT molecular complexity index is 1230. The van der Waals surface area contributed by atoms with Crippen LogP contribution in [-0.4, -0.2) is 27.8 Å². The zero-order valence-electron chi connectivity index (χ0n) is 16.9. The van der Waals surface area contributed by atoms with E-state index in [-0.39, 0.29) is 18.3 Å². The maximum absolute atomic E-state index is 13.3. The van der Waals surface area contributed by atoms with Crippen LogP contribution in [0.4, 0.5) is 10.1 Å². The standard InChI is InChI=1S/C23H21FN4O2/c1-14-4-9-20(30-3)19(12-14)26-21(29)13-28-23-22(15(2)27-28)18(10-11-25-23)16-5-7-17(24)8-6-16/h4-12H,13H2,1-3H3,(H,26,29). The highest BCUT2D eigenvalue weighted by Gasteiger charge is 2.17. The van der Waals surface area contributed by atoms with Crippen LogP contribution in [0.25, 0.3) is 22.2 Å². The third kappa shape index (κ3) is 3.74. The summed E-state index contributed by atoms with van der Waals surface area (Å²) in [6.07, 6.45) is 1.67. The molecule has 0 aliphatic rings. The maximum atomic E-state index is 13.3. The molecule has 0 unspecified atom stereocenters. The highest BCUT2D eigenvalue weighted by molar-refractivity contribution is 5.96. The second-order valence-corrected chi connectivity index (χ2v) is 7.06. The summed E-state index contributed by atoms with van der Waals surface area (Å²) < 4.78 is 20.2. The molecule has 0 radical (unpaired) electrons. The largest absolute Gasteiger partial charge is 0.495 e. The molecule has 0 saturated heterocycles. The Kier molecular flexibility index (Phi) is 5.18. The van der Waals surface area contributed by atoms with Gasteiger partial charge in [-0.05, 0) is 60.9 Å². The van der Waals surface area contributed by atoms with Crippen LogP contribution in [0.5, 0.6) is 5.75 Å². The lowest BCUT2D eigenvalue weighted by molar-refractivity contribution is -0.116. The average molecular weight is 404 g/mol. The van der Waals surface area contributed by atoms with Gasteiger partial charge in [-0.25, -0.2) is 14.1 Å². The number of fused-ring (bicyclic) bond motifs is 1. The normalized spacial score (nSPS) is 10.9. The van der Waals surface area contributed by atoms with Crippen LogP contribution < -0.4 is 10.1 Å². The molecular formula is C23H21FN4O2. The Hall–Kier alpha value is -3.74. The van der Waals surface area contributed by atoms with Crippen molar-refractivity contribution in [1.82, 2.24) is 14.8 Å². The smallest absolute Gasteiger partial charge is 0.246 e. The lowest BCUT2D eigenvalue weighted by Gasteiger charge is -2.11. The number of nitrogens with one attached hydrogen (secondary N) is 1. The minimum atomic E-state index is -0.292. The summed E-state index contributed by atoms with van der Waals surface area (Å²) in [6.45, 7) is 3.82.